The van der Waals surface area contributed by atoms with Gasteiger partial charge in [-0.15, -0.1) is 0 Å². The molecule has 0 aromatic heterocycles. The van der Waals surface area contributed by atoms with Gasteiger partial charge in [0.25, 0.3) is 0 Å². The molecule has 0 saturated heterocycles. The summed E-state index contributed by atoms with van der Waals surface area (Å²) < 4.78 is 6.46. The minimum atomic E-state index is 0.361. The van der Waals surface area contributed by atoms with E-state index in [0.29, 0.717) is 11.8 Å². The van der Waals surface area contributed by atoms with Crippen molar-refractivity contribution in [3.05, 3.63) is 179 Å². The number of rotatable bonds is 3. The molecule has 2 aliphatic carbocycles. The molecular weight excluding hydrogens is 593 g/mol. The normalized spacial score (nSPS) is 16.2. The van der Waals surface area contributed by atoms with Gasteiger partial charge >= 0.3 is 0 Å². The molecule has 1 nitrogen and oxygen atoms in total. The van der Waals surface area contributed by atoms with E-state index in [1.165, 1.54) is 82.1 Å². The Morgan fingerprint density at radius 3 is 1.71 bits per heavy atom. The van der Waals surface area contributed by atoms with Gasteiger partial charge in [0.2, 0.25) is 0 Å². The van der Waals surface area contributed by atoms with Crippen LogP contribution < -0.4 is 15.2 Å². The Hall–Kier alpha value is -6.18. The van der Waals surface area contributed by atoms with Crippen molar-refractivity contribution in [3.63, 3.8) is 0 Å². The van der Waals surface area contributed by atoms with Crippen LogP contribution in [0.5, 0.6) is 11.5 Å². The number of benzene rings is 8. The molecule has 0 N–H and O–H groups in total. The maximum atomic E-state index is 6.46. The van der Waals surface area contributed by atoms with Crippen LogP contribution in [0.15, 0.2) is 158 Å². The highest BCUT2D eigenvalue weighted by Crippen LogP contribution is 2.52. The summed E-state index contributed by atoms with van der Waals surface area (Å²) in [5.41, 5.74) is 12.6. The summed E-state index contributed by atoms with van der Waals surface area (Å²) in [6.45, 7) is 0. The predicted octanol–water partition coefficient (Wildman–Crippen LogP) is 11.2. The van der Waals surface area contributed by atoms with E-state index in [2.05, 4.69) is 164 Å². The van der Waals surface area contributed by atoms with Crippen molar-refractivity contribution in [2.75, 3.05) is 0 Å². The molecule has 49 heavy (non-hydrogen) atoms. The van der Waals surface area contributed by atoms with E-state index in [9.17, 15) is 0 Å². The van der Waals surface area contributed by atoms with Crippen molar-refractivity contribution in [1.82, 2.24) is 0 Å². The molecule has 2 unspecified atom stereocenters. The fourth-order valence-electron chi connectivity index (χ4n) is 8.81. The zero-order valence-corrected chi connectivity index (χ0v) is 26.7. The molecule has 228 valence electrons. The summed E-state index contributed by atoms with van der Waals surface area (Å²) in [5, 5.41) is 7.79. The topological polar surface area (TPSA) is 9.23 Å². The second-order valence-corrected chi connectivity index (χ2v) is 13.6. The van der Waals surface area contributed by atoms with Crippen LogP contribution in [0.3, 0.4) is 0 Å². The number of ether oxygens (including phenoxy) is 1. The third-order valence-electron chi connectivity index (χ3n) is 11.0. The van der Waals surface area contributed by atoms with Crippen LogP contribution >= 0.6 is 0 Å². The van der Waals surface area contributed by atoms with E-state index in [-0.39, 0.29) is 0 Å². The zero-order valence-electron chi connectivity index (χ0n) is 26.7. The fourth-order valence-corrected chi connectivity index (χ4v) is 8.81. The molecule has 1 aliphatic heterocycles. The Morgan fingerprint density at radius 2 is 0.939 bits per heavy atom. The lowest BCUT2D eigenvalue weighted by Gasteiger charge is -2.23. The van der Waals surface area contributed by atoms with Crippen LogP contribution in [-0.4, -0.2) is 0 Å². The fraction of sp³-hybridized carbons (Fsp3) is 0.0417. The summed E-state index contributed by atoms with van der Waals surface area (Å²) in [4.78, 5) is 0. The highest BCUT2D eigenvalue weighted by Gasteiger charge is 2.33. The Kier molecular flexibility index (Phi) is 5.57. The van der Waals surface area contributed by atoms with Crippen LogP contribution in [0.4, 0.5) is 0 Å². The zero-order chi connectivity index (χ0) is 32.1. The molecule has 0 amide bonds. The van der Waals surface area contributed by atoms with Gasteiger partial charge < -0.3 is 4.74 Å². The van der Waals surface area contributed by atoms with E-state index < -0.39 is 0 Å². The summed E-state index contributed by atoms with van der Waals surface area (Å²) in [6, 6.07) is 57.8. The number of fused-ring (bicyclic) bond motifs is 6. The Bertz CT molecular complexity index is 2760. The molecule has 8 aromatic rings. The minimum Gasteiger partial charge on any atom is -0.456 e. The van der Waals surface area contributed by atoms with Crippen LogP contribution in [0.1, 0.15) is 23.0 Å². The van der Waals surface area contributed by atoms with Gasteiger partial charge in [-0.05, 0) is 107 Å². The van der Waals surface area contributed by atoms with Crippen molar-refractivity contribution >= 4 is 33.7 Å². The van der Waals surface area contributed by atoms with Crippen LogP contribution in [0.2, 0.25) is 0 Å². The first-order valence-electron chi connectivity index (χ1n) is 17.2. The third kappa shape index (κ3) is 3.93. The van der Waals surface area contributed by atoms with Gasteiger partial charge in [-0.2, -0.15) is 0 Å². The Labute approximate surface area is 284 Å². The van der Waals surface area contributed by atoms with Crippen molar-refractivity contribution in [2.45, 2.75) is 11.8 Å². The quantitative estimate of drug-likeness (QED) is 0.190. The number of para-hydroxylation sites is 1. The van der Waals surface area contributed by atoms with Crippen molar-refractivity contribution < 1.29 is 4.74 Å². The van der Waals surface area contributed by atoms with E-state index >= 15 is 0 Å². The number of hydrogen-bond acceptors (Lipinski definition) is 1. The second-order valence-electron chi connectivity index (χ2n) is 13.6. The predicted molar refractivity (Wildman–Crippen MR) is 203 cm³/mol. The molecule has 3 aliphatic rings. The van der Waals surface area contributed by atoms with Gasteiger partial charge in [0, 0.05) is 22.8 Å². The summed E-state index contributed by atoms with van der Waals surface area (Å²) in [6.07, 6.45) is 4.98. The average Bonchev–Trinajstić information content (AvgIpc) is 3.48. The molecule has 0 radical (unpaired) electrons. The molecule has 8 aromatic carbocycles. The molecule has 2 atom stereocenters. The Balaban J connectivity index is 1.14. The Morgan fingerprint density at radius 1 is 0.347 bits per heavy atom. The molecule has 0 fully saturated rings. The molecule has 11 rings (SSSR count). The van der Waals surface area contributed by atoms with Gasteiger partial charge in [-0.3, -0.25) is 0 Å². The van der Waals surface area contributed by atoms with Gasteiger partial charge in [-0.1, -0.05) is 140 Å². The number of hydrogen-bond donors (Lipinski definition) is 0. The van der Waals surface area contributed by atoms with Crippen molar-refractivity contribution in [1.29, 1.82) is 0 Å². The maximum absolute atomic E-state index is 6.46. The first-order chi connectivity index (χ1) is 24.3. The first kappa shape index (κ1) is 26.8. The smallest absolute Gasteiger partial charge is 0.135 e. The maximum Gasteiger partial charge on any atom is 0.135 e. The molecule has 0 saturated carbocycles. The van der Waals surface area contributed by atoms with Crippen LogP contribution in [0, 0.1) is 0 Å². The molecule has 0 spiro atoms. The molecule has 0 bridgehead atoms. The van der Waals surface area contributed by atoms with Crippen molar-refractivity contribution in [3.8, 4) is 56.0 Å². The summed E-state index contributed by atoms with van der Waals surface area (Å²) >= 11 is 0. The average molecular weight is 623 g/mol. The van der Waals surface area contributed by atoms with E-state index in [4.69, 9.17) is 4.74 Å². The minimum absolute atomic E-state index is 0.361. The van der Waals surface area contributed by atoms with Crippen LogP contribution in [0.25, 0.3) is 78.2 Å². The molecule has 1 heterocycles. The van der Waals surface area contributed by atoms with Crippen molar-refractivity contribution in [2.24, 2.45) is 0 Å². The highest BCUT2D eigenvalue weighted by molar-refractivity contribution is 6.11. The lowest BCUT2D eigenvalue weighted by Crippen LogP contribution is -2.29. The third-order valence-corrected chi connectivity index (χ3v) is 11.0. The van der Waals surface area contributed by atoms with E-state index in [0.717, 1.165) is 17.1 Å². The van der Waals surface area contributed by atoms with Gasteiger partial charge in [0.1, 0.15) is 11.5 Å². The first-order valence-corrected chi connectivity index (χ1v) is 17.2. The monoisotopic (exact) mass is 622 g/mol. The summed E-state index contributed by atoms with van der Waals surface area (Å²) in [7, 11) is 0. The van der Waals surface area contributed by atoms with E-state index in [1.54, 1.807) is 0 Å². The van der Waals surface area contributed by atoms with Crippen LogP contribution in [-0.2, 0) is 0 Å². The highest BCUT2D eigenvalue weighted by atomic mass is 16.5. The molecular formula is C48H30O. The lowest BCUT2D eigenvalue weighted by atomic mass is 9.84. The largest absolute Gasteiger partial charge is 0.456 e. The lowest BCUT2D eigenvalue weighted by molar-refractivity contribution is 0.487. The van der Waals surface area contributed by atoms with Gasteiger partial charge in [-0.25, -0.2) is 0 Å². The molecule has 1 heteroatoms. The van der Waals surface area contributed by atoms with Gasteiger partial charge in [0.05, 0.1) is 0 Å². The standard InChI is InChI=1S/C48H30O/c1-2-10-29(11-3-1)32-24-33(26-34(25-32)36-22-23-46-48-39(36)16-9-17-40(48)37-14-6-7-19-45(37)49-46)35-20-21-42-44-28-31-13-5-4-12-30(31)27-43(44)41-18-8-15-38(35)47(41)42/h1-28,43-44H. The summed E-state index contributed by atoms with van der Waals surface area (Å²) in [5.74, 6) is 2.55. The second kappa shape index (κ2) is 10.2. The van der Waals surface area contributed by atoms with E-state index in [1.807, 2.05) is 6.07 Å². The SMILES string of the molecule is C1=c2ccccc2=CC2c3ccc(-c4cc(-c5ccccc5)cc(-c5ccc6c7c(cccc57)-c5ccccc5O6)c4)c4cccc(c34)C12. The van der Waals surface area contributed by atoms with Gasteiger partial charge in [0.15, 0.2) is 0 Å².